The van der Waals surface area contributed by atoms with Gasteiger partial charge in [-0.2, -0.15) is 0 Å². The molecule has 0 saturated carbocycles. The lowest BCUT2D eigenvalue weighted by Gasteiger charge is -2.25. The summed E-state index contributed by atoms with van der Waals surface area (Å²) in [5, 5.41) is 12.9. The molecule has 7 N–H and O–H groups in total. The van der Waals surface area contributed by atoms with Crippen LogP contribution in [-0.4, -0.2) is 26.2 Å². The molecule has 0 aliphatic heterocycles. The fourth-order valence-electron chi connectivity index (χ4n) is 2.89. The van der Waals surface area contributed by atoms with E-state index in [4.69, 9.17) is 0 Å². The molecule has 3 rings (SSSR count). The molecule has 0 bridgehead atoms. The van der Waals surface area contributed by atoms with Crippen molar-refractivity contribution in [1.29, 1.82) is 0 Å². The predicted octanol–water partition coefficient (Wildman–Crippen LogP) is 3.00. The van der Waals surface area contributed by atoms with Gasteiger partial charge in [0.2, 0.25) is 0 Å². The van der Waals surface area contributed by atoms with Crippen molar-refractivity contribution in [3.8, 4) is 0 Å². The Bertz CT molecular complexity index is 673. The SMILES string of the molecule is CC(C)(O)c1c(C2C=CC=C2)ccc2ccccc12.CN.CN.CN. The molecule has 4 nitrogen and oxygen atoms in total. The number of fused-ring (bicyclic) bond motifs is 1. The summed E-state index contributed by atoms with van der Waals surface area (Å²) < 4.78 is 0. The number of benzene rings is 2. The fraction of sp³-hybridized carbons (Fsp3) is 0.333. The van der Waals surface area contributed by atoms with E-state index < -0.39 is 5.60 Å². The van der Waals surface area contributed by atoms with Gasteiger partial charge in [-0.25, -0.2) is 0 Å². The fourth-order valence-corrected chi connectivity index (χ4v) is 2.89. The van der Waals surface area contributed by atoms with Crippen molar-refractivity contribution in [1.82, 2.24) is 0 Å². The van der Waals surface area contributed by atoms with Gasteiger partial charge in [-0.3, -0.25) is 0 Å². The first-order chi connectivity index (χ1) is 12.1. The van der Waals surface area contributed by atoms with E-state index >= 15 is 0 Å². The largest absolute Gasteiger partial charge is 0.386 e. The lowest BCUT2D eigenvalue weighted by atomic mass is 9.83. The maximum Gasteiger partial charge on any atom is 0.0849 e. The second-order valence-corrected chi connectivity index (χ2v) is 5.61. The van der Waals surface area contributed by atoms with Crippen LogP contribution < -0.4 is 17.2 Å². The predicted molar refractivity (Wildman–Crippen MR) is 111 cm³/mol. The van der Waals surface area contributed by atoms with E-state index in [1.807, 2.05) is 26.0 Å². The zero-order chi connectivity index (χ0) is 19.5. The number of hydrogen-bond donors (Lipinski definition) is 4. The molecule has 0 radical (unpaired) electrons. The van der Waals surface area contributed by atoms with Crippen LogP contribution in [0, 0.1) is 0 Å². The van der Waals surface area contributed by atoms with Crippen molar-refractivity contribution in [2.24, 2.45) is 17.2 Å². The third kappa shape index (κ3) is 5.80. The normalized spacial score (nSPS) is 12.5. The summed E-state index contributed by atoms with van der Waals surface area (Å²) in [6, 6.07) is 12.5. The zero-order valence-corrected chi connectivity index (χ0v) is 16.0. The molecule has 138 valence electrons. The highest BCUT2D eigenvalue weighted by Gasteiger charge is 2.25. The second-order valence-electron chi connectivity index (χ2n) is 5.61. The molecule has 4 heteroatoms. The monoisotopic (exact) mass is 343 g/mol. The molecular weight excluding hydrogens is 310 g/mol. The number of aliphatic hydroxyl groups is 1. The van der Waals surface area contributed by atoms with Crippen LogP contribution >= 0.6 is 0 Å². The molecule has 0 saturated heterocycles. The van der Waals surface area contributed by atoms with Crippen LogP contribution in [0.15, 0.2) is 60.7 Å². The Balaban J connectivity index is 0.000000871. The van der Waals surface area contributed by atoms with E-state index in [1.54, 1.807) is 0 Å². The Labute approximate surface area is 152 Å². The zero-order valence-electron chi connectivity index (χ0n) is 16.0. The Morgan fingerprint density at radius 1 is 0.800 bits per heavy atom. The summed E-state index contributed by atoms with van der Waals surface area (Å²) in [6.07, 6.45) is 8.46. The number of nitrogens with two attached hydrogens (primary N) is 3. The average molecular weight is 344 g/mol. The first-order valence-corrected chi connectivity index (χ1v) is 8.40. The van der Waals surface area contributed by atoms with Gasteiger partial charge in [-0.15, -0.1) is 0 Å². The minimum atomic E-state index is -0.847. The molecule has 0 aromatic heterocycles. The van der Waals surface area contributed by atoms with Crippen LogP contribution in [-0.2, 0) is 5.60 Å². The highest BCUT2D eigenvalue weighted by Crippen LogP contribution is 2.37. The van der Waals surface area contributed by atoms with Crippen molar-refractivity contribution in [2.45, 2.75) is 25.4 Å². The van der Waals surface area contributed by atoms with Crippen molar-refractivity contribution in [2.75, 3.05) is 21.1 Å². The number of allylic oxidation sites excluding steroid dienone is 4. The quantitative estimate of drug-likeness (QED) is 0.673. The molecule has 2 aromatic rings. The minimum Gasteiger partial charge on any atom is -0.386 e. The van der Waals surface area contributed by atoms with Crippen molar-refractivity contribution in [3.63, 3.8) is 0 Å². The van der Waals surface area contributed by atoms with E-state index in [0.29, 0.717) is 0 Å². The summed E-state index contributed by atoms with van der Waals surface area (Å²) in [5.74, 6) is 0.269. The van der Waals surface area contributed by atoms with Gasteiger partial charge in [0.25, 0.3) is 0 Å². The third-order valence-electron chi connectivity index (χ3n) is 3.68. The standard InChI is InChI=1S/C18H18O.3CH5N/c1-18(2,19)17-15-10-6-5-9-14(15)11-12-16(17)13-7-3-4-8-13;3*1-2/h3-13,19H,1-2H3;3*2H2,1H3. The van der Waals surface area contributed by atoms with Crippen molar-refractivity contribution in [3.05, 3.63) is 71.8 Å². The Morgan fingerprint density at radius 3 is 1.84 bits per heavy atom. The maximum atomic E-state index is 10.6. The maximum absolute atomic E-state index is 10.6. The molecule has 0 heterocycles. The lowest BCUT2D eigenvalue weighted by Crippen LogP contribution is -2.19. The summed E-state index contributed by atoms with van der Waals surface area (Å²) >= 11 is 0. The highest BCUT2D eigenvalue weighted by molar-refractivity contribution is 5.88. The Kier molecular flexibility index (Phi) is 10.6. The molecule has 1 aliphatic rings. The van der Waals surface area contributed by atoms with Gasteiger partial charge in [0, 0.05) is 5.92 Å². The Morgan fingerprint density at radius 2 is 1.32 bits per heavy atom. The average Bonchev–Trinajstić information content (AvgIpc) is 3.19. The number of hydrogen-bond acceptors (Lipinski definition) is 4. The van der Waals surface area contributed by atoms with E-state index in [0.717, 1.165) is 10.9 Å². The summed E-state index contributed by atoms with van der Waals surface area (Å²) in [7, 11) is 4.50. The molecule has 0 spiro atoms. The van der Waals surface area contributed by atoms with Gasteiger partial charge < -0.3 is 22.3 Å². The molecule has 1 aliphatic carbocycles. The molecule has 0 atom stereocenters. The third-order valence-corrected chi connectivity index (χ3v) is 3.68. The second kappa shape index (κ2) is 11.6. The van der Waals surface area contributed by atoms with Gasteiger partial charge in [0.1, 0.15) is 0 Å². The highest BCUT2D eigenvalue weighted by atomic mass is 16.3. The van der Waals surface area contributed by atoms with Crippen molar-refractivity contribution < 1.29 is 5.11 Å². The van der Waals surface area contributed by atoms with Crippen LogP contribution in [0.25, 0.3) is 10.8 Å². The van der Waals surface area contributed by atoms with E-state index in [-0.39, 0.29) is 5.92 Å². The first-order valence-electron chi connectivity index (χ1n) is 8.40. The van der Waals surface area contributed by atoms with Gasteiger partial charge in [0.05, 0.1) is 5.60 Å². The van der Waals surface area contributed by atoms with Gasteiger partial charge in [-0.05, 0) is 56.9 Å². The minimum absolute atomic E-state index is 0.269. The summed E-state index contributed by atoms with van der Waals surface area (Å²) in [4.78, 5) is 0. The Hall–Kier alpha value is -1.98. The van der Waals surface area contributed by atoms with Crippen LogP contribution in [0.2, 0.25) is 0 Å². The smallest absolute Gasteiger partial charge is 0.0849 e. The van der Waals surface area contributed by atoms with Crippen LogP contribution in [0.5, 0.6) is 0 Å². The van der Waals surface area contributed by atoms with E-state index in [1.165, 1.54) is 32.1 Å². The van der Waals surface area contributed by atoms with E-state index in [9.17, 15) is 5.11 Å². The summed E-state index contributed by atoms with van der Waals surface area (Å²) in [6.45, 7) is 3.72. The summed E-state index contributed by atoms with van der Waals surface area (Å²) in [5.41, 5.74) is 14.9. The molecule has 0 unspecified atom stereocenters. The first kappa shape index (κ1) is 23.0. The molecule has 25 heavy (non-hydrogen) atoms. The van der Waals surface area contributed by atoms with Gasteiger partial charge in [0.15, 0.2) is 0 Å². The molecule has 0 amide bonds. The topological polar surface area (TPSA) is 98.3 Å². The van der Waals surface area contributed by atoms with Crippen molar-refractivity contribution >= 4 is 10.8 Å². The van der Waals surface area contributed by atoms with Gasteiger partial charge >= 0.3 is 0 Å². The molecular formula is C21H33N3O. The molecule has 0 fully saturated rings. The van der Waals surface area contributed by atoms with E-state index in [2.05, 4.69) is 65.8 Å². The van der Waals surface area contributed by atoms with Crippen LogP contribution in [0.3, 0.4) is 0 Å². The van der Waals surface area contributed by atoms with Crippen LogP contribution in [0.1, 0.15) is 30.9 Å². The number of rotatable bonds is 2. The lowest BCUT2D eigenvalue weighted by molar-refractivity contribution is 0.0792. The van der Waals surface area contributed by atoms with Gasteiger partial charge in [-0.1, -0.05) is 60.7 Å². The van der Waals surface area contributed by atoms with Crippen LogP contribution in [0.4, 0.5) is 0 Å². The molecule has 2 aromatic carbocycles.